The molecule has 0 bridgehead atoms. The van der Waals surface area contributed by atoms with Crippen LogP contribution in [-0.4, -0.2) is 35.4 Å². The molecule has 1 aromatic carbocycles. The van der Waals surface area contributed by atoms with Crippen molar-refractivity contribution in [3.05, 3.63) is 53.7 Å². The molecule has 0 aliphatic carbocycles. The van der Waals surface area contributed by atoms with Gasteiger partial charge in [0.05, 0.1) is 11.1 Å². The van der Waals surface area contributed by atoms with E-state index in [-0.39, 0.29) is 35.7 Å². The molecule has 0 radical (unpaired) electrons. The Kier molecular flexibility index (Phi) is 6.67. The monoisotopic (exact) mass is 400 g/mol. The maximum absolute atomic E-state index is 12.9. The molecule has 2 heterocycles. The van der Waals surface area contributed by atoms with E-state index < -0.39 is 11.7 Å². The summed E-state index contributed by atoms with van der Waals surface area (Å²) in [6, 6.07) is 8.03. The van der Waals surface area contributed by atoms with Crippen molar-refractivity contribution >= 4 is 29.8 Å². The highest BCUT2D eigenvalue weighted by Gasteiger charge is 2.31. The summed E-state index contributed by atoms with van der Waals surface area (Å²) in [4.78, 5) is 18.6. The highest BCUT2D eigenvalue weighted by molar-refractivity contribution is 5.99. The summed E-state index contributed by atoms with van der Waals surface area (Å²) in [5.74, 6) is 0.298. The van der Waals surface area contributed by atoms with E-state index in [1.54, 1.807) is 17.0 Å². The predicted octanol–water partition coefficient (Wildman–Crippen LogP) is 3.69. The van der Waals surface area contributed by atoms with Crippen LogP contribution < -0.4 is 11.1 Å². The van der Waals surface area contributed by atoms with Crippen LogP contribution in [0.5, 0.6) is 0 Å². The smallest absolute Gasteiger partial charge is 0.340 e. The van der Waals surface area contributed by atoms with E-state index in [4.69, 9.17) is 5.73 Å². The molecule has 146 valence electrons. The first-order chi connectivity index (χ1) is 12.4. The molecule has 1 fully saturated rings. The van der Waals surface area contributed by atoms with Crippen molar-refractivity contribution in [2.45, 2.75) is 12.6 Å². The van der Waals surface area contributed by atoms with Crippen LogP contribution in [0, 0.1) is 5.92 Å². The Balaban J connectivity index is 0.00000261. The Bertz CT molecular complexity index is 800. The molecule has 3 N–H and O–H groups in total. The first-order valence-corrected chi connectivity index (χ1v) is 8.27. The number of hydrogen-bond donors (Lipinski definition) is 2. The number of hydrogen-bond acceptors (Lipinski definition) is 4. The Morgan fingerprint density at radius 3 is 2.74 bits per heavy atom. The van der Waals surface area contributed by atoms with Gasteiger partial charge in [-0.25, -0.2) is 4.98 Å². The predicted molar refractivity (Wildman–Crippen MR) is 99.3 cm³/mol. The fourth-order valence-corrected chi connectivity index (χ4v) is 2.97. The van der Waals surface area contributed by atoms with Gasteiger partial charge < -0.3 is 16.0 Å². The number of alkyl halides is 3. The molecular weight excluding hydrogens is 381 g/mol. The van der Waals surface area contributed by atoms with Crippen molar-refractivity contribution in [2.24, 2.45) is 11.7 Å². The zero-order valence-corrected chi connectivity index (χ0v) is 15.2. The number of nitrogens with one attached hydrogen (secondary N) is 1. The van der Waals surface area contributed by atoms with Gasteiger partial charge in [-0.2, -0.15) is 13.2 Å². The number of carbonyl (C=O) groups excluding carboxylic acids is 1. The zero-order valence-electron chi connectivity index (χ0n) is 14.4. The number of halogens is 4. The number of aromatic nitrogens is 1. The molecule has 5 nitrogen and oxygen atoms in total. The lowest BCUT2D eigenvalue weighted by atomic mass is 10.1. The van der Waals surface area contributed by atoms with Crippen LogP contribution in [0.15, 0.2) is 42.6 Å². The van der Waals surface area contributed by atoms with E-state index in [0.29, 0.717) is 25.2 Å². The summed E-state index contributed by atoms with van der Waals surface area (Å²) in [7, 11) is 0. The Morgan fingerprint density at radius 2 is 2.07 bits per heavy atom. The van der Waals surface area contributed by atoms with Gasteiger partial charge in [0.25, 0.3) is 5.91 Å². The molecular formula is C18H20ClF3N4O. The lowest BCUT2D eigenvalue weighted by molar-refractivity contribution is -0.137. The molecule has 3 rings (SSSR count). The molecule has 1 aliphatic rings. The van der Waals surface area contributed by atoms with Crippen LogP contribution >= 0.6 is 12.4 Å². The molecule has 9 heteroatoms. The number of rotatable bonds is 4. The van der Waals surface area contributed by atoms with Crippen molar-refractivity contribution in [1.29, 1.82) is 0 Å². The average Bonchev–Trinajstić information content (AvgIpc) is 3.10. The average molecular weight is 401 g/mol. The summed E-state index contributed by atoms with van der Waals surface area (Å²) >= 11 is 0. The number of pyridine rings is 1. The third-order valence-corrected chi connectivity index (χ3v) is 4.40. The number of nitrogens with zero attached hydrogens (tertiary/aromatic N) is 2. The molecule has 27 heavy (non-hydrogen) atoms. The van der Waals surface area contributed by atoms with Gasteiger partial charge >= 0.3 is 6.18 Å². The van der Waals surface area contributed by atoms with Gasteiger partial charge in [-0.05, 0) is 49.2 Å². The fourth-order valence-electron chi connectivity index (χ4n) is 2.97. The van der Waals surface area contributed by atoms with E-state index in [0.717, 1.165) is 18.6 Å². The van der Waals surface area contributed by atoms with Crippen molar-refractivity contribution in [3.63, 3.8) is 0 Å². The summed E-state index contributed by atoms with van der Waals surface area (Å²) in [6.07, 6.45) is -2.11. The van der Waals surface area contributed by atoms with E-state index in [2.05, 4.69) is 10.3 Å². The summed E-state index contributed by atoms with van der Waals surface area (Å²) in [5.41, 5.74) is 5.43. The van der Waals surface area contributed by atoms with Crippen LogP contribution in [-0.2, 0) is 6.18 Å². The zero-order chi connectivity index (χ0) is 18.7. The molecule has 1 amide bonds. The molecule has 0 saturated carbocycles. The molecule has 2 aromatic rings. The van der Waals surface area contributed by atoms with Gasteiger partial charge in [0.1, 0.15) is 5.82 Å². The van der Waals surface area contributed by atoms with Crippen molar-refractivity contribution < 1.29 is 18.0 Å². The van der Waals surface area contributed by atoms with E-state index in [9.17, 15) is 18.0 Å². The minimum atomic E-state index is -4.44. The van der Waals surface area contributed by atoms with Gasteiger partial charge in [0.2, 0.25) is 0 Å². The van der Waals surface area contributed by atoms with Crippen molar-refractivity contribution in [3.8, 4) is 0 Å². The van der Waals surface area contributed by atoms with Crippen molar-refractivity contribution in [2.75, 3.05) is 25.0 Å². The largest absolute Gasteiger partial charge is 0.416 e. The lowest BCUT2D eigenvalue weighted by Crippen LogP contribution is -2.30. The van der Waals surface area contributed by atoms with E-state index >= 15 is 0 Å². The SMILES string of the molecule is Cl.NCC1CCN(C(=O)c2cccnc2Nc2cccc(C(F)(F)F)c2)C1. The first-order valence-electron chi connectivity index (χ1n) is 8.27. The molecule has 1 saturated heterocycles. The van der Waals surface area contributed by atoms with E-state index in [1.165, 1.54) is 18.3 Å². The quantitative estimate of drug-likeness (QED) is 0.821. The molecule has 1 aromatic heterocycles. The number of carbonyl (C=O) groups is 1. The lowest BCUT2D eigenvalue weighted by Gasteiger charge is -2.18. The van der Waals surface area contributed by atoms with Crippen LogP contribution in [0.25, 0.3) is 0 Å². The minimum Gasteiger partial charge on any atom is -0.340 e. The Hall–Kier alpha value is -2.32. The highest BCUT2D eigenvalue weighted by Crippen LogP contribution is 2.31. The molecule has 1 unspecified atom stereocenters. The maximum atomic E-state index is 12.9. The summed E-state index contributed by atoms with van der Waals surface area (Å²) in [5, 5.41) is 2.83. The highest BCUT2D eigenvalue weighted by atomic mass is 35.5. The Labute approximate surface area is 161 Å². The van der Waals surface area contributed by atoms with Crippen LogP contribution in [0.2, 0.25) is 0 Å². The second kappa shape index (κ2) is 8.58. The third kappa shape index (κ3) is 4.90. The molecule has 1 atom stereocenters. The Morgan fingerprint density at radius 1 is 1.30 bits per heavy atom. The van der Waals surface area contributed by atoms with Crippen LogP contribution in [0.4, 0.5) is 24.7 Å². The normalized spacial score (nSPS) is 16.7. The van der Waals surface area contributed by atoms with Gasteiger partial charge in [-0.15, -0.1) is 12.4 Å². The number of benzene rings is 1. The minimum absolute atomic E-state index is 0. The van der Waals surface area contributed by atoms with E-state index in [1.807, 2.05) is 0 Å². The standard InChI is InChI=1S/C18H19F3N4O.ClH/c19-18(20,21)13-3-1-4-14(9-13)24-16-15(5-2-7-23-16)17(26)25-8-6-12(10-22)11-25;/h1-5,7,9,12H,6,8,10-11,22H2,(H,23,24);1H. The van der Waals surface area contributed by atoms with Crippen LogP contribution in [0.1, 0.15) is 22.3 Å². The van der Waals surface area contributed by atoms with Gasteiger partial charge in [-0.3, -0.25) is 4.79 Å². The van der Waals surface area contributed by atoms with Crippen LogP contribution in [0.3, 0.4) is 0 Å². The third-order valence-electron chi connectivity index (χ3n) is 4.40. The first kappa shape index (κ1) is 21.0. The number of anilines is 2. The van der Waals surface area contributed by atoms with Crippen molar-refractivity contribution in [1.82, 2.24) is 9.88 Å². The topological polar surface area (TPSA) is 71.2 Å². The maximum Gasteiger partial charge on any atom is 0.416 e. The number of nitrogens with two attached hydrogens (primary N) is 1. The molecule has 0 spiro atoms. The van der Waals surface area contributed by atoms with Gasteiger partial charge in [-0.1, -0.05) is 6.07 Å². The van der Waals surface area contributed by atoms with Gasteiger partial charge in [0, 0.05) is 25.0 Å². The fraction of sp³-hybridized carbons (Fsp3) is 0.333. The second-order valence-electron chi connectivity index (χ2n) is 6.24. The molecule has 1 aliphatic heterocycles. The number of likely N-dealkylation sites (tertiary alicyclic amines) is 1. The van der Waals surface area contributed by atoms with Gasteiger partial charge in [0.15, 0.2) is 0 Å². The summed E-state index contributed by atoms with van der Waals surface area (Å²) in [6.45, 7) is 1.71. The summed E-state index contributed by atoms with van der Waals surface area (Å²) < 4.78 is 38.6. The number of amides is 1. The second-order valence-corrected chi connectivity index (χ2v) is 6.24.